The number of carbonyl (C=O) groups is 1. The first kappa shape index (κ1) is 18.1. The molecule has 1 aliphatic rings. The van der Waals surface area contributed by atoms with E-state index in [9.17, 15) is 4.79 Å². The number of rotatable bonds is 4. The Kier molecular flexibility index (Phi) is 4.51. The van der Waals surface area contributed by atoms with Crippen LogP contribution in [0.2, 0.25) is 0 Å². The van der Waals surface area contributed by atoms with Gasteiger partial charge in [-0.1, -0.05) is 18.2 Å². The van der Waals surface area contributed by atoms with Gasteiger partial charge in [-0.3, -0.25) is 4.79 Å². The van der Waals surface area contributed by atoms with Crippen LogP contribution in [0, 0.1) is 0 Å². The fourth-order valence-corrected chi connectivity index (χ4v) is 3.85. The van der Waals surface area contributed by atoms with Crippen molar-refractivity contribution < 1.29 is 4.79 Å². The van der Waals surface area contributed by atoms with E-state index in [4.69, 9.17) is 5.73 Å². The average Bonchev–Trinajstić information content (AvgIpc) is 3.24. The molecule has 0 atom stereocenters. The molecule has 1 aliphatic heterocycles. The molecular formula is C22H21N7O. The second-order valence-corrected chi connectivity index (χ2v) is 7.21. The smallest absolute Gasteiger partial charge is 0.248 e. The Morgan fingerprint density at radius 1 is 0.833 bits per heavy atom. The molecule has 8 heteroatoms. The fraction of sp³-hybridized carbons (Fsp3) is 0.182. The van der Waals surface area contributed by atoms with E-state index >= 15 is 0 Å². The molecule has 2 aromatic heterocycles. The molecule has 1 saturated heterocycles. The number of fused-ring (bicyclic) bond motifs is 1. The zero-order chi connectivity index (χ0) is 20.5. The zero-order valence-corrected chi connectivity index (χ0v) is 16.3. The first-order valence-corrected chi connectivity index (χ1v) is 9.84. The highest BCUT2D eigenvalue weighted by Gasteiger charge is 2.22. The normalized spacial score (nSPS) is 14.3. The number of piperazine rings is 1. The van der Waals surface area contributed by atoms with Gasteiger partial charge in [0.2, 0.25) is 5.91 Å². The second-order valence-electron chi connectivity index (χ2n) is 7.21. The van der Waals surface area contributed by atoms with Gasteiger partial charge in [0.05, 0.1) is 17.3 Å². The van der Waals surface area contributed by atoms with Gasteiger partial charge in [-0.25, -0.2) is 14.6 Å². The molecule has 0 radical (unpaired) electrons. The third kappa shape index (κ3) is 3.22. The van der Waals surface area contributed by atoms with E-state index in [1.54, 1.807) is 18.5 Å². The lowest BCUT2D eigenvalue weighted by Gasteiger charge is -2.36. The molecule has 0 saturated carbocycles. The molecule has 3 heterocycles. The van der Waals surface area contributed by atoms with Crippen LogP contribution in [0.25, 0.3) is 16.7 Å². The summed E-state index contributed by atoms with van der Waals surface area (Å²) in [5.74, 6) is 0.501. The Balaban J connectivity index is 1.36. The first-order chi connectivity index (χ1) is 14.7. The zero-order valence-electron chi connectivity index (χ0n) is 16.3. The number of amides is 1. The molecule has 2 aromatic carbocycles. The highest BCUT2D eigenvalue weighted by atomic mass is 16.1. The summed E-state index contributed by atoms with van der Waals surface area (Å²) in [6.45, 7) is 3.38. The summed E-state index contributed by atoms with van der Waals surface area (Å²) in [7, 11) is 0. The third-order valence-corrected chi connectivity index (χ3v) is 5.44. The maximum atomic E-state index is 11.3. The van der Waals surface area contributed by atoms with Crippen molar-refractivity contribution >= 4 is 28.4 Å². The van der Waals surface area contributed by atoms with Gasteiger partial charge in [-0.15, -0.1) is 0 Å². The lowest BCUT2D eigenvalue weighted by molar-refractivity contribution is 0.100. The third-order valence-electron chi connectivity index (χ3n) is 5.44. The van der Waals surface area contributed by atoms with Crippen molar-refractivity contribution in [2.75, 3.05) is 36.0 Å². The molecule has 5 rings (SSSR count). The molecule has 0 aliphatic carbocycles. The van der Waals surface area contributed by atoms with E-state index in [1.807, 2.05) is 53.3 Å². The number of benzene rings is 2. The molecular weight excluding hydrogens is 378 g/mol. The summed E-state index contributed by atoms with van der Waals surface area (Å²) >= 11 is 0. The standard InChI is InChI=1S/C22H21N7O/c23-20(30)16-6-8-17(9-7-16)27-10-12-28(13-11-27)21-19-14-26-29(22(19)25-15-24-21)18-4-2-1-3-5-18/h1-9,14-15H,10-13H2,(H2,23,30). The Labute approximate surface area is 173 Å². The van der Waals surface area contributed by atoms with Gasteiger partial charge >= 0.3 is 0 Å². The maximum absolute atomic E-state index is 11.3. The van der Waals surface area contributed by atoms with Crippen molar-refractivity contribution in [3.8, 4) is 5.69 Å². The number of nitrogens with two attached hydrogens (primary N) is 1. The van der Waals surface area contributed by atoms with Gasteiger partial charge in [0.25, 0.3) is 0 Å². The lowest BCUT2D eigenvalue weighted by Crippen LogP contribution is -2.46. The number of hydrogen-bond donors (Lipinski definition) is 1. The summed E-state index contributed by atoms with van der Waals surface area (Å²) < 4.78 is 1.84. The minimum Gasteiger partial charge on any atom is -0.368 e. The molecule has 0 unspecified atom stereocenters. The molecule has 150 valence electrons. The number of nitrogens with zero attached hydrogens (tertiary/aromatic N) is 6. The molecule has 8 nitrogen and oxygen atoms in total. The monoisotopic (exact) mass is 399 g/mol. The number of anilines is 2. The van der Waals surface area contributed by atoms with Crippen molar-refractivity contribution in [1.29, 1.82) is 0 Å². The van der Waals surface area contributed by atoms with Crippen molar-refractivity contribution in [1.82, 2.24) is 19.7 Å². The summed E-state index contributed by atoms with van der Waals surface area (Å²) in [4.78, 5) is 24.9. The van der Waals surface area contributed by atoms with Crippen LogP contribution in [0.5, 0.6) is 0 Å². The van der Waals surface area contributed by atoms with E-state index < -0.39 is 5.91 Å². The van der Waals surface area contributed by atoms with Crippen LogP contribution in [0.1, 0.15) is 10.4 Å². The average molecular weight is 399 g/mol. The molecule has 1 fully saturated rings. The van der Waals surface area contributed by atoms with Gasteiger partial charge in [0, 0.05) is 37.4 Å². The van der Waals surface area contributed by atoms with E-state index in [-0.39, 0.29) is 0 Å². The Hall–Kier alpha value is -3.94. The van der Waals surface area contributed by atoms with E-state index in [0.29, 0.717) is 5.56 Å². The number of aromatic nitrogens is 4. The largest absolute Gasteiger partial charge is 0.368 e. The highest BCUT2D eigenvalue weighted by molar-refractivity contribution is 5.93. The number of para-hydroxylation sites is 1. The summed E-state index contributed by atoms with van der Waals surface area (Å²) in [6, 6.07) is 17.4. The maximum Gasteiger partial charge on any atom is 0.248 e. The topological polar surface area (TPSA) is 93.2 Å². The van der Waals surface area contributed by atoms with Crippen LogP contribution in [-0.2, 0) is 0 Å². The second kappa shape index (κ2) is 7.47. The molecule has 0 bridgehead atoms. The van der Waals surface area contributed by atoms with Crippen molar-refractivity contribution in [3.05, 3.63) is 72.7 Å². The fourth-order valence-electron chi connectivity index (χ4n) is 3.85. The van der Waals surface area contributed by atoms with E-state index in [0.717, 1.165) is 54.4 Å². The van der Waals surface area contributed by atoms with Gasteiger partial charge in [0.15, 0.2) is 5.65 Å². The Morgan fingerprint density at radius 2 is 1.53 bits per heavy atom. The van der Waals surface area contributed by atoms with Crippen LogP contribution >= 0.6 is 0 Å². The van der Waals surface area contributed by atoms with E-state index in [1.165, 1.54) is 0 Å². The van der Waals surface area contributed by atoms with Gasteiger partial charge in [0.1, 0.15) is 12.1 Å². The van der Waals surface area contributed by atoms with Crippen LogP contribution in [0.4, 0.5) is 11.5 Å². The van der Waals surface area contributed by atoms with Gasteiger partial charge in [-0.2, -0.15) is 5.10 Å². The Morgan fingerprint density at radius 3 is 2.23 bits per heavy atom. The summed E-state index contributed by atoms with van der Waals surface area (Å²) in [5.41, 5.74) is 8.72. The lowest BCUT2D eigenvalue weighted by atomic mass is 10.1. The SMILES string of the molecule is NC(=O)c1ccc(N2CCN(c3ncnc4c3cnn4-c3ccccc3)CC2)cc1. The van der Waals surface area contributed by atoms with Gasteiger partial charge in [-0.05, 0) is 36.4 Å². The van der Waals surface area contributed by atoms with Crippen LogP contribution in [-0.4, -0.2) is 51.8 Å². The number of carbonyl (C=O) groups excluding carboxylic acids is 1. The molecule has 1 amide bonds. The first-order valence-electron chi connectivity index (χ1n) is 9.84. The van der Waals surface area contributed by atoms with Gasteiger partial charge < -0.3 is 15.5 Å². The summed E-state index contributed by atoms with van der Waals surface area (Å²) in [6.07, 6.45) is 3.44. The van der Waals surface area contributed by atoms with Crippen molar-refractivity contribution in [2.24, 2.45) is 5.73 Å². The minimum absolute atomic E-state index is 0.407. The predicted octanol–water partition coefficient (Wildman–Crippen LogP) is 2.24. The van der Waals surface area contributed by atoms with Crippen LogP contribution in [0.15, 0.2) is 67.1 Å². The quantitative estimate of drug-likeness (QED) is 0.566. The van der Waals surface area contributed by atoms with Crippen LogP contribution in [0.3, 0.4) is 0 Å². The highest BCUT2D eigenvalue weighted by Crippen LogP contribution is 2.26. The van der Waals surface area contributed by atoms with E-state index in [2.05, 4.69) is 24.9 Å². The van der Waals surface area contributed by atoms with Crippen LogP contribution < -0.4 is 15.5 Å². The predicted molar refractivity (Wildman–Crippen MR) is 116 cm³/mol. The van der Waals surface area contributed by atoms with Crippen molar-refractivity contribution in [2.45, 2.75) is 0 Å². The number of primary amides is 1. The van der Waals surface area contributed by atoms with Crippen molar-refractivity contribution in [3.63, 3.8) is 0 Å². The molecule has 30 heavy (non-hydrogen) atoms. The minimum atomic E-state index is -0.407. The molecule has 0 spiro atoms. The molecule has 4 aromatic rings. The Bertz CT molecular complexity index is 1180. The molecule has 2 N–H and O–H groups in total. The number of hydrogen-bond acceptors (Lipinski definition) is 6. The summed E-state index contributed by atoms with van der Waals surface area (Å²) in [5, 5.41) is 5.49.